The molecule has 3 rings (SSSR count). The van der Waals surface area contributed by atoms with Gasteiger partial charge < -0.3 is 14.8 Å². The molecule has 1 aromatic heterocycles. The molecule has 3 aromatic rings. The summed E-state index contributed by atoms with van der Waals surface area (Å²) in [5, 5.41) is 37.2. The zero-order valence-corrected chi connectivity index (χ0v) is 18.9. The number of nitrogens with zero attached hydrogens (tertiary/aromatic N) is 6. The number of pyridine rings is 1. The number of carbonyl (C=O) groups is 1. The number of non-ortho nitro benzene ring substituents is 1. The molecule has 0 aliphatic heterocycles. The number of aromatic nitrogens is 1. The van der Waals surface area contributed by atoms with E-state index >= 15 is 0 Å². The van der Waals surface area contributed by atoms with E-state index in [1.54, 1.807) is 0 Å². The summed E-state index contributed by atoms with van der Waals surface area (Å²) in [6.07, 6.45) is 4.09. The predicted octanol–water partition coefficient (Wildman–Crippen LogP) is 3.45. The maximum absolute atomic E-state index is 10.8. The third kappa shape index (κ3) is 8.12. The molecule has 0 radical (unpaired) electrons. The van der Waals surface area contributed by atoms with Crippen LogP contribution >= 0.6 is 0 Å². The van der Waals surface area contributed by atoms with Crippen LogP contribution in [0.25, 0.3) is 0 Å². The van der Waals surface area contributed by atoms with Crippen LogP contribution in [0.15, 0.2) is 83.3 Å². The third-order valence-corrected chi connectivity index (χ3v) is 4.59. The smallest absolute Gasteiger partial charge is 0.270 e. The Morgan fingerprint density at radius 2 is 1.76 bits per heavy atom. The average Bonchev–Trinajstić information content (AvgIpc) is 2.84. The molecule has 0 N–H and O–H groups in total. The summed E-state index contributed by atoms with van der Waals surface area (Å²) >= 11 is 0. The first-order valence-corrected chi connectivity index (χ1v) is 10.4. The van der Waals surface area contributed by atoms with Crippen molar-refractivity contribution in [3.05, 3.63) is 88.7 Å². The van der Waals surface area contributed by atoms with E-state index in [2.05, 4.69) is 26.6 Å². The van der Waals surface area contributed by atoms with Gasteiger partial charge in [0.1, 0.15) is 11.8 Å². The minimum atomic E-state index is -1.08. The van der Waals surface area contributed by atoms with E-state index in [-0.39, 0.29) is 11.3 Å². The quantitative estimate of drug-likeness (QED) is 0.218. The standard InChI is InChI=1S/C22H21N6O2.C2H4O2/c1-2-27(15-14-26-12-4-3-5-13-26)20-8-6-19(7-9-20)24-25-22-11-10-21(28(29)30)16-18(22)17-23;1-2(3)4/h3-13,16H,2,14-15H2,1H3;1H3,(H,3,4)/q+1;/p-1. The molecular formula is C24H24N6O4. The highest BCUT2D eigenvalue weighted by molar-refractivity contribution is 5.60. The van der Waals surface area contributed by atoms with Crippen LogP contribution in [0, 0.1) is 21.4 Å². The highest BCUT2D eigenvalue weighted by Crippen LogP contribution is 2.27. The van der Waals surface area contributed by atoms with Crippen LogP contribution < -0.4 is 14.6 Å². The number of nitro groups is 1. The van der Waals surface area contributed by atoms with Crippen LogP contribution in [0.3, 0.4) is 0 Å². The first-order chi connectivity index (χ1) is 16.3. The van der Waals surface area contributed by atoms with Gasteiger partial charge in [-0.3, -0.25) is 10.1 Å². The van der Waals surface area contributed by atoms with Gasteiger partial charge in [0.25, 0.3) is 5.69 Å². The van der Waals surface area contributed by atoms with Crippen molar-refractivity contribution in [3.8, 4) is 6.07 Å². The average molecular weight is 460 g/mol. The Labute approximate surface area is 197 Å². The molecule has 1 heterocycles. The minimum absolute atomic E-state index is 0.111. The summed E-state index contributed by atoms with van der Waals surface area (Å²) in [6, 6.07) is 19.5. The summed E-state index contributed by atoms with van der Waals surface area (Å²) in [4.78, 5) is 21.4. The Kier molecular flexibility index (Phi) is 9.81. The number of benzene rings is 2. The van der Waals surface area contributed by atoms with Crippen LogP contribution in [0.2, 0.25) is 0 Å². The number of azo groups is 1. The van der Waals surface area contributed by atoms with E-state index in [1.165, 1.54) is 18.2 Å². The lowest BCUT2D eigenvalue weighted by Crippen LogP contribution is -2.40. The van der Waals surface area contributed by atoms with Gasteiger partial charge in [-0.25, -0.2) is 4.57 Å². The lowest BCUT2D eigenvalue weighted by Gasteiger charge is -2.21. The normalized spacial score (nSPS) is 10.1. The topological polar surface area (TPSA) is 139 Å². The monoisotopic (exact) mass is 460 g/mol. The van der Waals surface area contributed by atoms with Crippen molar-refractivity contribution in [3.63, 3.8) is 0 Å². The second-order valence-corrected chi connectivity index (χ2v) is 6.97. The van der Waals surface area contributed by atoms with E-state index < -0.39 is 10.9 Å². The van der Waals surface area contributed by atoms with Crippen molar-refractivity contribution >= 4 is 28.7 Å². The van der Waals surface area contributed by atoms with Crippen LogP contribution in [-0.2, 0) is 11.3 Å². The minimum Gasteiger partial charge on any atom is -0.550 e. The van der Waals surface area contributed by atoms with Crippen molar-refractivity contribution in [2.24, 2.45) is 10.2 Å². The summed E-state index contributed by atoms with van der Waals surface area (Å²) in [6.45, 7) is 5.72. The van der Waals surface area contributed by atoms with Gasteiger partial charge in [0.15, 0.2) is 18.9 Å². The second kappa shape index (κ2) is 13.0. The highest BCUT2D eigenvalue weighted by Gasteiger charge is 2.11. The van der Waals surface area contributed by atoms with E-state index in [1.807, 2.05) is 60.9 Å². The molecule has 2 aromatic carbocycles. The van der Waals surface area contributed by atoms with E-state index in [0.717, 1.165) is 32.2 Å². The number of hydrogen-bond acceptors (Lipinski definition) is 8. The molecule has 0 atom stereocenters. The van der Waals surface area contributed by atoms with Crippen molar-refractivity contribution in [2.45, 2.75) is 20.4 Å². The van der Waals surface area contributed by atoms with Crippen LogP contribution in [0.5, 0.6) is 0 Å². The van der Waals surface area contributed by atoms with Crippen LogP contribution in [0.1, 0.15) is 19.4 Å². The molecule has 0 unspecified atom stereocenters. The third-order valence-electron chi connectivity index (χ3n) is 4.59. The summed E-state index contributed by atoms with van der Waals surface area (Å²) in [5.41, 5.74) is 1.97. The number of carbonyl (C=O) groups excluding carboxylic acids is 1. The number of nitriles is 1. The van der Waals surface area contributed by atoms with Gasteiger partial charge in [-0.05, 0) is 44.2 Å². The zero-order chi connectivity index (χ0) is 24.9. The molecule has 174 valence electrons. The fraction of sp³-hybridized carbons (Fsp3) is 0.208. The molecule has 0 amide bonds. The predicted molar refractivity (Wildman–Crippen MR) is 124 cm³/mol. The highest BCUT2D eigenvalue weighted by atomic mass is 16.6. The summed E-state index contributed by atoms with van der Waals surface area (Å²) < 4.78 is 2.14. The van der Waals surface area contributed by atoms with Gasteiger partial charge in [0.2, 0.25) is 0 Å². The number of anilines is 1. The lowest BCUT2D eigenvalue weighted by atomic mass is 10.2. The molecule has 0 aliphatic rings. The van der Waals surface area contributed by atoms with Crippen molar-refractivity contribution in [1.29, 1.82) is 5.26 Å². The Hall–Kier alpha value is -4.65. The molecule has 0 aliphatic carbocycles. The van der Waals surface area contributed by atoms with Crippen LogP contribution in [0.4, 0.5) is 22.7 Å². The Balaban J connectivity index is 0.000000945. The van der Waals surface area contributed by atoms with Crippen LogP contribution in [-0.4, -0.2) is 24.0 Å². The number of hydrogen-bond donors (Lipinski definition) is 0. The van der Waals surface area contributed by atoms with Gasteiger partial charge in [-0.2, -0.15) is 10.4 Å². The number of likely N-dealkylation sites (N-methyl/N-ethyl adjacent to an activating group) is 1. The number of carboxylic acid groups (broad SMARTS) is 1. The SMILES string of the molecule is CC(=O)[O-].CCN(CC[n+]1ccccc1)c1ccc(N=Nc2ccc([N+](=O)[O-])cc2C#N)cc1. The first-order valence-electron chi connectivity index (χ1n) is 10.4. The molecule has 0 saturated carbocycles. The molecule has 0 fully saturated rings. The second-order valence-electron chi connectivity index (χ2n) is 6.97. The van der Waals surface area contributed by atoms with Gasteiger partial charge in [-0.15, -0.1) is 5.11 Å². The molecular weight excluding hydrogens is 436 g/mol. The van der Waals surface area contributed by atoms with Gasteiger partial charge in [0.05, 0.1) is 22.7 Å². The molecule has 34 heavy (non-hydrogen) atoms. The fourth-order valence-electron chi connectivity index (χ4n) is 2.95. The van der Waals surface area contributed by atoms with Gasteiger partial charge in [-0.1, -0.05) is 6.07 Å². The van der Waals surface area contributed by atoms with Crippen molar-refractivity contribution in [1.82, 2.24) is 0 Å². The summed E-state index contributed by atoms with van der Waals surface area (Å²) in [7, 11) is 0. The first kappa shape index (κ1) is 25.6. The van der Waals surface area contributed by atoms with E-state index in [0.29, 0.717) is 11.4 Å². The molecule has 0 spiro atoms. The van der Waals surface area contributed by atoms with E-state index in [4.69, 9.17) is 9.90 Å². The fourth-order valence-corrected chi connectivity index (χ4v) is 2.95. The number of rotatable bonds is 8. The maximum Gasteiger partial charge on any atom is 0.270 e. The Morgan fingerprint density at radius 1 is 1.12 bits per heavy atom. The molecule has 10 heteroatoms. The lowest BCUT2D eigenvalue weighted by molar-refractivity contribution is -0.694. The van der Waals surface area contributed by atoms with Gasteiger partial charge in [0, 0.05) is 42.5 Å². The van der Waals surface area contributed by atoms with E-state index in [9.17, 15) is 15.4 Å². The Bertz CT molecular complexity index is 1170. The maximum atomic E-state index is 10.8. The Morgan fingerprint density at radius 3 is 2.32 bits per heavy atom. The van der Waals surface area contributed by atoms with Crippen molar-refractivity contribution in [2.75, 3.05) is 18.0 Å². The molecule has 0 bridgehead atoms. The zero-order valence-electron chi connectivity index (χ0n) is 18.9. The number of aliphatic carboxylic acids is 1. The molecule has 10 nitrogen and oxygen atoms in total. The molecule has 0 saturated heterocycles. The van der Waals surface area contributed by atoms with Gasteiger partial charge >= 0.3 is 0 Å². The van der Waals surface area contributed by atoms with Crippen molar-refractivity contribution < 1.29 is 19.4 Å². The number of carboxylic acids is 1. The summed E-state index contributed by atoms with van der Waals surface area (Å²) in [5.74, 6) is -1.08. The number of nitro benzene ring substituents is 1. The largest absolute Gasteiger partial charge is 0.550 e.